The van der Waals surface area contributed by atoms with E-state index in [1.54, 1.807) is 8.61 Å². The zero-order chi connectivity index (χ0) is 13.9. The Bertz CT molecular complexity index is 380. The Morgan fingerprint density at radius 1 is 1.00 bits per heavy atom. The molecule has 1 N–H and O–H groups in total. The fraction of sp³-hybridized carbons (Fsp3) is 1.00. The SMILES string of the molecule is CN1CCCN(S(=O)(=O)N2CCC(CO)CC2)CC1. The zero-order valence-corrected chi connectivity index (χ0v) is 12.5. The summed E-state index contributed by atoms with van der Waals surface area (Å²) in [4.78, 5) is 2.17. The second-order valence-electron chi connectivity index (χ2n) is 5.59. The predicted molar refractivity (Wildman–Crippen MR) is 74.0 cm³/mol. The lowest BCUT2D eigenvalue weighted by atomic mass is 10.00. The topological polar surface area (TPSA) is 64.1 Å². The van der Waals surface area contributed by atoms with Crippen LogP contribution in [0.25, 0.3) is 0 Å². The number of nitrogens with zero attached hydrogens (tertiary/aromatic N) is 3. The molecule has 0 amide bonds. The average Bonchev–Trinajstić information content (AvgIpc) is 2.64. The number of piperidine rings is 1. The summed E-state index contributed by atoms with van der Waals surface area (Å²) in [6.07, 6.45) is 2.43. The minimum atomic E-state index is -3.31. The van der Waals surface area contributed by atoms with Gasteiger partial charge in [0.05, 0.1) is 0 Å². The summed E-state index contributed by atoms with van der Waals surface area (Å²) >= 11 is 0. The van der Waals surface area contributed by atoms with E-state index in [4.69, 9.17) is 5.11 Å². The Hall–Kier alpha value is -0.210. The van der Waals surface area contributed by atoms with Gasteiger partial charge in [0.15, 0.2) is 0 Å². The first kappa shape index (κ1) is 15.2. The smallest absolute Gasteiger partial charge is 0.282 e. The van der Waals surface area contributed by atoms with Crippen molar-refractivity contribution in [3.63, 3.8) is 0 Å². The zero-order valence-electron chi connectivity index (χ0n) is 11.7. The predicted octanol–water partition coefficient (Wildman–Crippen LogP) is -0.427. The van der Waals surface area contributed by atoms with Gasteiger partial charge in [0.2, 0.25) is 0 Å². The van der Waals surface area contributed by atoms with Gasteiger partial charge in [-0.3, -0.25) is 0 Å². The van der Waals surface area contributed by atoms with E-state index in [0.29, 0.717) is 26.2 Å². The first-order chi connectivity index (χ1) is 9.04. The van der Waals surface area contributed by atoms with Crippen LogP contribution < -0.4 is 0 Å². The lowest BCUT2D eigenvalue weighted by Crippen LogP contribution is -2.48. The van der Waals surface area contributed by atoms with Gasteiger partial charge in [-0.1, -0.05) is 0 Å². The van der Waals surface area contributed by atoms with Crippen molar-refractivity contribution in [2.24, 2.45) is 5.92 Å². The van der Waals surface area contributed by atoms with Crippen molar-refractivity contribution in [2.45, 2.75) is 19.3 Å². The molecule has 19 heavy (non-hydrogen) atoms. The summed E-state index contributed by atoms with van der Waals surface area (Å²) in [6.45, 7) is 4.21. The Labute approximate surface area is 116 Å². The maximum atomic E-state index is 12.6. The van der Waals surface area contributed by atoms with Crippen molar-refractivity contribution in [3.05, 3.63) is 0 Å². The normalized spacial score (nSPS) is 26.4. The molecular weight excluding hydrogens is 266 g/mol. The maximum Gasteiger partial charge on any atom is 0.282 e. The van der Waals surface area contributed by atoms with E-state index in [2.05, 4.69) is 4.90 Å². The molecule has 0 saturated carbocycles. The third-order valence-electron chi connectivity index (χ3n) is 4.16. The molecule has 6 nitrogen and oxygen atoms in total. The summed E-state index contributed by atoms with van der Waals surface area (Å²) in [7, 11) is -1.27. The molecule has 0 radical (unpaired) electrons. The fourth-order valence-corrected chi connectivity index (χ4v) is 4.41. The molecule has 0 spiro atoms. The molecule has 0 aromatic rings. The standard InChI is InChI=1S/C12H25N3O3S/c1-13-5-2-6-14(10-9-13)19(17,18)15-7-3-12(11-16)4-8-15/h12,16H,2-11H2,1H3. The van der Waals surface area contributed by atoms with Crippen LogP contribution in [0, 0.1) is 5.92 Å². The van der Waals surface area contributed by atoms with Gasteiger partial charge in [-0.05, 0) is 38.8 Å². The van der Waals surface area contributed by atoms with Crippen molar-refractivity contribution < 1.29 is 13.5 Å². The molecule has 2 rings (SSSR count). The summed E-state index contributed by atoms with van der Waals surface area (Å²) in [5, 5.41) is 9.11. The lowest BCUT2D eigenvalue weighted by molar-refractivity contribution is 0.166. The summed E-state index contributed by atoms with van der Waals surface area (Å²) < 4.78 is 28.3. The molecule has 2 saturated heterocycles. The van der Waals surface area contributed by atoms with E-state index in [1.165, 1.54) is 0 Å². The first-order valence-electron chi connectivity index (χ1n) is 7.08. The Morgan fingerprint density at radius 3 is 2.26 bits per heavy atom. The third-order valence-corrected chi connectivity index (χ3v) is 6.20. The Morgan fingerprint density at radius 2 is 1.63 bits per heavy atom. The van der Waals surface area contributed by atoms with E-state index in [-0.39, 0.29) is 12.5 Å². The minimum Gasteiger partial charge on any atom is -0.396 e. The molecule has 2 aliphatic heterocycles. The summed E-state index contributed by atoms with van der Waals surface area (Å²) in [5.41, 5.74) is 0. The molecule has 112 valence electrons. The number of likely N-dealkylation sites (N-methyl/N-ethyl adjacent to an activating group) is 1. The number of aliphatic hydroxyl groups is 1. The van der Waals surface area contributed by atoms with Crippen LogP contribution in [0.1, 0.15) is 19.3 Å². The van der Waals surface area contributed by atoms with E-state index >= 15 is 0 Å². The van der Waals surface area contributed by atoms with Gasteiger partial charge < -0.3 is 10.0 Å². The molecule has 2 fully saturated rings. The summed E-state index contributed by atoms with van der Waals surface area (Å²) in [5.74, 6) is 0.265. The molecule has 0 aromatic heterocycles. The average molecular weight is 291 g/mol. The van der Waals surface area contributed by atoms with Gasteiger partial charge in [0.25, 0.3) is 10.2 Å². The molecule has 2 aliphatic rings. The van der Waals surface area contributed by atoms with E-state index in [1.807, 2.05) is 7.05 Å². The molecule has 0 aliphatic carbocycles. The number of hydrogen-bond acceptors (Lipinski definition) is 4. The highest BCUT2D eigenvalue weighted by molar-refractivity contribution is 7.86. The minimum absolute atomic E-state index is 0.169. The van der Waals surface area contributed by atoms with Crippen LogP contribution in [0.5, 0.6) is 0 Å². The van der Waals surface area contributed by atoms with Crippen molar-refractivity contribution in [2.75, 3.05) is 52.9 Å². The van der Waals surface area contributed by atoms with Crippen LogP contribution in [-0.2, 0) is 10.2 Å². The van der Waals surface area contributed by atoms with Crippen LogP contribution in [-0.4, -0.2) is 80.0 Å². The molecule has 0 atom stereocenters. The van der Waals surface area contributed by atoms with Gasteiger partial charge in [0, 0.05) is 39.3 Å². The van der Waals surface area contributed by atoms with Crippen molar-refractivity contribution >= 4 is 10.2 Å². The highest BCUT2D eigenvalue weighted by Gasteiger charge is 2.33. The molecule has 0 unspecified atom stereocenters. The lowest BCUT2D eigenvalue weighted by Gasteiger charge is -2.34. The van der Waals surface area contributed by atoms with Gasteiger partial charge >= 0.3 is 0 Å². The maximum absolute atomic E-state index is 12.6. The van der Waals surface area contributed by atoms with E-state index < -0.39 is 10.2 Å². The van der Waals surface area contributed by atoms with Crippen LogP contribution in [0.15, 0.2) is 0 Å². The third kappa shape index (κ3) is 3.66. The van der Waals surface area contributed by atoms with Crippen LogP contribution in [0.2, 0.25) is 0 Å². The fourth-order valence-electron chi connectivity index (χ4n) is 2.74. The van der Waals surface area contributed by atoms with Gasteiger partial charge in [-0.15, -0.1) is 0 Å². The van der Waals surface area contributed by atoms with Crippen LogP contribution in [0.3, 0.4) is 0 Å². The molecule has 2 heterocycles. The summed E-state index contributed by atoms with van der Waals surface area (Å²) in [6, 6.07) is 0. The van der Waals surface area contributed by atoms with Gasteiger partial charge in [0.1, 0.15) is 0 Å². The largest absolute Gasteiger partial charge is 0.396 e. The highest BCUT2D eigenvalue weighted by atomic mass is 32.2. The van der Waals surface area contributed by atoms with Gasteiger partial charge in [-0.2, -0.15) is 17.0 Å². The van der Waals surface area contributed by atoms with Crippen molar-refractivity contribution in [3.8, 4) is 0 Å². The molecule has 0 aromatic carbocycles. The van der Waals surface area contributed by atoms with Crippen LogP contribution >= 0.6 is 0 Å². The highest BCUT2D eigenvalue weighted by Crippen LogP contribution is 2.21. The van der Waals surface area contributed by atoms with Gasteiger partial charge in [-0.25, -0.2) is 0 Å². The van der Waals surface area contributed by atoms with Crippen molar-refractivity contribution in [1.29, 1.82) is 0 Å². The monoisotopic (exact) mass is 291 g/mol. The first-order valence-corrected chi connectivity index (χ1v) is 8.48. The Balaban J connectivity index is 1.97. The second kappa shape index (κ2) is 6.49. The molecule has 0 bridgehead atoms. The van der Waals surface area contributed by atoms with E-state index in [9.17, 15) is 8.42 Å². The number of aliphatic hydroxyl groups excluding tert-OH is 1. The molecular formula is C12H25N3O3S. The molecule has 7 heteroatoms. The quantitative estimate of drug-likeness (QED) is 0.766. The number of hydrogen-bond donors (Lipinski definition) is 1. The van der Waals surface area contributed by atoms with Crippen molar-refractivity contribution in [1.82, 2.24) is 13.5 Å². The van der Waals surface area contributed by atoms with E-state index in [0.717, 1.165) is 32.4 Å². The number of rotatable bonds is 3. The Kier molecular flexibility index (Phi) is 5.19. The second-order valence-corrected chi connectivity index (χ2v) is 7.52. The van der Waals surface area contributed by atoms with Crippen LogP contribution in [0.4, 0.5) is 0 Å².